The van der Waals surface area contributed by atoms with Crippen LogP contribution in [0.15, 0.2) is 18.2 Å². The SMILES string of the molecule is CCCC(CCO)CNC(=O)Cc1cccc(F)c1F. The lowest BCUT2D eigenvalue weighted by molar-refractivity contribution is -0.120. The van der Waals surface area contributed by atoms with Gasteiger partial charge in [-0.3, -0.25) is 4.79 Å². The van der Waals surface area contributed by atoms with E-state index in [4.69, 9.17) is 5.11 Å². The van der Waals surface area contributed by atoms with E-state index in [1.165, 1.54) is 12.1 Å². The second-order valence-electron chi connectivity index (χ2n) is 4.86. The molecule has 3 nitrogen and oxygen atoms in total. The first kappa shape index (κ1) is 16.6. The maximum absolute atomic E-state index is 13.4. The Balaban J connectivity index is 2.48. The molecule has 0 bridgehead atoms. The number of nitrogens with one attached hydrogen (secondary N) is 1. The summed E-state index contributed by atoms with van der Waals surface area (Å²) in [5, 5.41) is 11.6. The molecule has 0 saturated heterocycles. The molecular formula is C15H21F2NO2. The van der Waals surface area contributed by atoms with Crippen molar-refractivity contribution in [2.75, 3.05) is 13.2 Å². The Kier molecular flexibility index (Phi) is 7.15. The normalized spacial score (nSPS) is 12.2. The molecule has 1 aromatic carbocycles. The molecule has 0 aliphatic heterocycles. The molecule has 20 heavy (non-hydrogen) atoms. The van der Waals surface area contributed by atoms with Crippen LogP contribution in [0.5, 0.6) is 0 Å². The van der Waals surface area contributed by atoms with Crippen molar-refractivity contribution in [3.63, 3.8) is 0 Å². The number of hydrogen-bond donors (Lipinski definition) is 2. The largest absolute Gasteiger partial charge is 0.396 e. The molecule has 0 radical (unpaired) electrons. The molecule has 1 atom stereocenters. The van der Waals surface area contributed by atoms with Gasteiger partial charge in [0, 0.05) is 18.7 Å². The van der Waals surface area contributed by atoms with Gasteiger partial charge in [0.2, 0.25) is 5.91 Å². The van der Waals surface area contributed by atoms with Crippen LogP contribution in [-0.2, 0) is 11.2 Å². The lowest BCUT2D eigenvalue weighted by Gasteiger charge is -2.15. The summed E-state index contributed by atoms with van der Waals surface area (Å²) in [4.78, 5) is 11.7. The number of amides is 1. The number of halogens is 2. The smallest absolute Gasteiger partial charge is 0.224 e. The summed E-state index contributed by atoms with van der Waals surface area (Å²) in [6.07, 6.45) is 2.33. The highest BCUT2D eigenvalue weighted by molar-refractivity contribution is 5.78. The third-order valence-electron chi connectivity index (χ3n) is 3.20. The minimum atomic E-state index is -0.969. The zero-order chi connectivity index (χ0) is 15.0. The molecule has 0 aliphatic rings. The van der Waals surface area contributed by atoms with E-state index < -0.39 is 11.6 Å². The third-order valence-corrected chi connectivity index (χ3v) is 3.20. The number of benzene rings is 1. The molecule has 5 heteroatoms. The third kappa shape index (κ3) is 5.25. The van der Waals surface area contributed by atoms with E-state index in [0.29, 0.717) is 13.0 Å². The molecular weight excluding hydrogens is 264 g/mol. The molecule has 1 aromatic rings. The Bertz CT molecular complexity index is 432. The van der Waals surface area contributed by atoms with Crippen molar-refractivity contribution in [3.05, 3.63) is 35.4 Å². The summed E-state index contributed by atoms with van der Waals surface area (Å²) in [6, 6.07) is 3.80. The van der Waals surface area contributed by atoms with Crippen LogP contribution in [-0.4, -0.2) is 24.2 Å². The highest BCUT2D eigenvalue weighted by Gasteiger charge is 2.13. The second kappa shape index (κ2) is 8.64. The number of aliphatic hydroxyl groups excluding tert-OH is 1. The van der Waals surface area contributed by atoms with Gasteiger partial charge in [0.25, 0.3) is 0 Å². The molecule has 1 unspecified atom stereocenters. The first-order valence-electron chi connectivity index (χ1n) is 6.88. The van der Waals surface area contributed by atoms with Crippen molar-refractivity contribution in [1.29, 1.82) is 0 Å². The van der Waals surface area contributed by atoms with Gasteiger partial charge >= 0.3 is 0 Å². The molecule has 0 fully saturated rings. The fourth-order valence-corrected chi connectivity index (χ4v) is 2.12. The van der Waals surface area contributed by atoms with E-state index in [1.54, 1.807) is 0 Å². The van der Waals surface area contributed by atoms with E-state index in [2.05, 4.69) is 5.32 Å². The van der Waals surface area contributed by atoms with Crippen LogP contribution in [0.4, 0.5) is 8.78 Å². The van der Waals surface area contributed by atoms with Crippen LogP contribution in [0, 0.1) is 17.6 Å². The van der Waals surface area contributed by atoms with Crippen LogP contribution in [0.1, 0.15) is 31.7 Å². The van der Waals surface area contributed by atoms with Gasteiger partial charge in [-0.05, 0) is 24.8 Å². The number of carbonyl (C=O) groups excluding carboxylic acids is 1. The second-order valence-corrected chi connectivity index (χ2v) is 4.86. The van der Waals surface area contributed by atoms with Crippen molar-refractivity contribution >= 4 is 5.91 Å². The summed E-state index contributed by atoms with van der Waals surface area (Å²) < 4.78 is 26.4. The van der Waals surface area contributed by atoms with Gasteiger partial charge in [-0.15, -0.1) is 0 Å². The van der Waals surface area contributed by atoms with Gasteiger partial charge in [0.1, 0.15) is 0 Å². The van der Waals surface area contributed by atoms with E-state index in [1.807, 2.05) is 6.92 Å². The van der Waals surface area contributed by atoms with Crippen LogP contribution in [0.25, 0.3) is 0 Å². The first-order valence-corrected chi connectivity index (χ1v) is 6.88. The molecule has 0 heterocycles. The summed E-state index contributed by atoms with van der Waals surface area (Å²) in [6.45, 7) is 2.57. The van der Waals surface area contributed by atoms with E-state index in [-0.39, 0.29) is 30.4 Å². The van der Waals surface area contributed by atoms with Gasteiger partial charge in [-0.2, -0.15) is 0 Å². The molecule has 2 N–H and O–H groups in total. The zero-order valence-corrected chi connectivity index (χ0v) is 11.7. The predicted octanol–water partition coefficient (Wildman–Crippen LogP) is 2.42. The molecule has 1 rings (SSSR count). The van der Waals surface area contributed by atoms with Gasteiger partial charge in [0.05, 0.1) is 6.42 Å². The Morgan fingerprint density at radius 2 is 2.10 bits per heavy atom. The van der Waals surface area contributed by atoms with Crippen LogP contribution >= 0.6 is 0 Å². The minimum Gasteiger partial charge on any atom is -0.396 e. The predicted molar refractivity (Wildman–Crippen MR) is 73.2 cm³/mol. The Hall–Kier alpha value is -1.49. The van der Waals surface area contributed by atoms with Crippen molar-refractivity contribution in [2.24, 2.45) is 5.92 Å². The topological polar surface area (TPSA) is 49.3 Å². The van der Waals surface area contributed by atoms with Crippen LogP contribution < -0.4 is 5.32 Å². The monoisotopic (exact) mass is 285 g/mol. The number of rotatable bonds is 8. The molecule has 0 spiro atoms. The summed E-state index contributed by atoms with van der Waals surface area (Å²) in [7, 11) is 0. The molecule has 0 saturated carbocycles. The Labute approximate surface area is 118 Å². The number of carbonyl (C=O) groups is 1. The van der Waals surface area contributed by atoms with Crippen molar-refractivity contribution in [2.45, 2.75) is 32.6 Å². The fourth-order valence-electron chi connectivity index (χ4n) is 2.12. The molecule has 1 amide bonds. The fraction of sp³-hybridized carbons (Fsp3) is 0.533. The molecule has 112 valence electrons. The Morgan fingerprint density at radius 1 is 1.35 bits per heavy atom. The van der Waals surface area contributed by atoms with Crippen LogP contribution in [0.2, 0.25) is 0 Å². The average molecular weight is 285 g/mol. The van der Waals surface area contributed by atoms with E-state index in [0.717, 1.165) is 18.9 Å². The van der Waals surface area contributed by atoms with Crippen molar-refractivity contribution in [3.8, 4) is 0 Å². The summed E-state index contributed by atoms with van der Waals surface area (Å²) >= 11 is 0. The summed E-state index contributed by atoms with van der Waals surface area (Å²) in [5.74, 6) is -2.04. The average Bonchev–Trinajstić information content (AvgIpc) is 2.42. The van der Waals surface area contributed by atoms with Gasteiger partial charge < -0.3 is 10.4 Å². The van der Waals surface area contributed by atoms with Gasteiger partial charge in [0.15, 0.2) is 11.6 Å². The van der Waals surface area contributed by atoms with Gasteiger partial charge in [-0.1, -0.05) is 25.5 Å². The highest BCUT2D eigenvalue weighted by Crippen LogP contribution is 2.12. The van der Waals surface area contributed by atoms with Crippen LogP contribution in [0.3, 0.4) is 0 Å². The maximum atomic E-state index is 13.4. The van der Waals surface area contributed by atoms with E-state index >= 15 is 0 Å². The first-order chi connectivity index (χ1) is 9.58. The minimum absolute atomic E-state index is 0.0525. The maximum Gasteiger partial charge on any atom is 0.224 e. The molecule has 0 aliphatic carbocycles. The lowest BCUT2D eigenvalue weighted by atomic mass is 10.00. The Morgan fingerprint density at radius 3 is 2.75 bits per heavy atom. The van der Waals surface area contributed by atoms with Gasteiger partial charge in [-0.25, -0.2) is 8.78 Å². The lowest BCUT2D eigenvalue weighted by Crippen LogP contribution is -2.31. The zero-order valence-electron chi connectivity index (χ0n) is 11.7. The van der Waals surface area contributed by atoms with Crippen molar-refractivity contribution < 1.29 is 18.7 Å². The summed E-state index contributed by atoms with van der Waals surface area (Å²) in [5.41, 5.74) is 0.0525. The highest BCUT2D eigenvalue weighted by atomic mass is 19.2. The van der Waals surface area contributed by atoms with E-state index in [9.17, 15) is 13.6 Å². The number of aliphatic hydroxyl groups is 1. The molecule has 0 aromatic heterocycles. The quantitative estimate of drug-likeness (QED) is 0.770. The van der Waals surface area contributed by atoms with Crippen molar-refractivity contribution in [1.82, 2.24) is 5.32 Å². The number of hydrogen-bond acceptors (Lipinski definition) is 2. The standard InChI is InChI=1S/C15H21F2NO2/c1-2-4-11(7-8-19)10-18-14(20)9-12-5-3-6-13(16)15(12)17/h3,5-6,11,19H,2,4,7-10H2,1H3,(H,18,20).